The number of hydrogen-bond acceptors (Lipinski definition) is 4. The van der Waals surface area contributed by atoms with Crippen molar-refractivity contribution < 1.29 is 0 Å². The second-order valence-corrected chi connectivity index (χ2v) is 35.0. The largest absolute Gasteiger partial charge is 0.310 e. The third-order valence-electron chi connectivity index (χ3n) is 20.9. The molecule has 6 heteroatoms. The summed E-state index contributed by atoms with van der Waals surface area (Å²) in [6, 6.07) is 50.0. The van der Waals surface area contributed by atoms with Gasteiger partial charge in [-0.15, -0.1) is 22.7 Å². The van der Waals surface area contributed by atoms with E-state index in [0.717, 1.165) is 12.8 Å². The zero-order valence-corrected chi connectivity index (χ0v) is 55.7. The van der Waals surface area contributed by atoms with Gasteiger partial charge in [-0.25, -0.2) is 0 Å². The van der Waals surface area contributed by atoms with Gasteiger partial charge < -0.3 is 14.4 Å². The molecular formula is C78H88BN3S2. The third-order valence-corrected chi connectivity index (χ3v) is 23.4. The molecule has 14 rings (SSSR count). The van der Waals surface area contributed by atoms with Crippen LogP contribution < -0.4 is 24.8 Å². The number of fused-ring (bicyclic) bond motifs is 13. The van der Waals surface area contributed by atoms with Crippen molar-refractivity contribution in [3.63, 3.8) is 0 Å². The van der Waals surface area contributed by atoms with Gasteiger partial charge in [0.15, 0.2) is 0 Å². The summed E-state index contributed by atoms with van der Waals surface area (Å²) in [5.74, 6) is 0. The second-order valence-electron chi connectivity index (χ2n) is 32.8. The van der Waals surface area contributed by atoms with Crippen molar-refractivity contribution >= 4 is 121 Å². The van der Waals surface area contributed by atoms with Gasteiger partial charge in [-0.05, 0) is 204 Å². The number of benzene rings is 7. The molecule has 0 bridgehead atoms. The predicted octanol–water partition coefficient (Wildman–Crippen LogP) is 21.2. The molecule has 10 aromatic rings. The van der Waals surface area contributed by atoms with Crippen LogP contribution in [-0.2, 0) is 43.3 Å². The molecule has 0 saturated carbocycles. The second kappa shape index (κ2) is 17.8. The lowest BCUT2D eigenvalue weighted by atomic mass is 9.39. The Labute approximate surface area is 510 Å². The standard InChI is InChI=1S/C78H88BN3S2/c1-71(2,3)45-21-27-49(28-22-45)81-62-39-51(80-60-43-58-56(75(13,14)33-35-77(58,17)18)41-52(60)53-42-57-59(44-61(53)80)78(19,20)36-34-76(57,15)16)40-63-66(62)79(69-67(81)54-37-47(73(7,8)9)25-31-64(54)83-69)70-68(55-38-48(74(10,11)12)26-32-65(55)84-70)82(63)50-29-23-46(24-30-50)72(4,5)6/h21-32,37-44H,33-36H2,1-20H3. The van der Waals surface area contributed by atoms with Crippen LogP contribution in [0.1, 0.15) is 209 Å². The highest BCUT2D eigenvalue weighted by atomic mass is 32.1. The summed E-state index contributed by atoms with van der Waals surface area (Å²) >= 11 is 4.04. The maximum absolute atomic E-state index is 2.74. The van der Waals surface area contributed by atoms with Crippen molar-refractivity contribution in [1.82, 2.24) is 4.57 Å². The Balaban J connectivity index is 1.18. The maximum atomic E-state index is 2.74. The van der Waals surface area contributed by atoms with E-state index in [1.807, 2.05) is 22.7 Å². The minimum atomic E-state index is -0.0329. The highest BCUT2D eigenvalue weighted by Crippen LogP contribution is 2.56. The van der Waals surface area contributed by atoms with Crippen LogP contribution in [0, 0.1) is 0 Å². The van der Waals surface area contributed by atoms with Crippen molar-refractivity contribution in [2.45, 2.75) is 207 Å². The van der Waals surface area contributed by atoms with Crippen LogP contribution in [0.3, 0.4) is 0 Å². The average molecular weight is 1140 g/mol. The van der Waals surface area contributed by atoms with Crippen LogP contribution in [0.15, 0.2) is 121 Å². The summed E-state index contributed by atoms with van der Waals surface area (Å²) in [7, 11) is 0. The monoisotopic (exact) mass is 1140 g/mol. The van der Waals surface area contributed by atoms with E-state index < -0.39 is 0 Å². The molecule has 0 atom stereocenters. The smallest absolute Gasteiger partial charge is 0.277 e. The van der Waals surface area contributed by atoms with E-state index >= 15 is 0 Å². The lowest BCUT2D eigenvalue weighted by Crippen LogP contribution is -2.59. The van der Waals surface area contributed by atoms with E-state index in [4.69, 9.17) is 0 Å². The fourth-order valence-corrected chi connectivity index (χ4v) is 17.8. The van der Waals surface area contributed by atoms with Gasteiger partial charge in [0, 0.05) is 63.2 Å². The molecule has 0 N–H and O–H groups in total. The molecule has 84 heavy (non-hydrogen) atoms. The predicted molar refractivity (Wildman–Crippen MR) is 371 cm³/mol. The molecule has 430 valence electrons. The molecule has 0 spiro atoms. The summed E-state index contributed by atoms with van der Waals surface area (Å²) in [6.07, 6.45) is 4.67. The molecule has 3 nitrogen and oxygen atoms in total. The molecule has 0 fully saturated rings. The SMILES string of the molecule is CC(C)(C)c1ccc(N2c3cc(-n4c5cc6c(cc5c5cc7c(cc54)C(C)(C)CCC7(C)C)C(C)(C)CCC6(C)C)cc4c3B(c3sc5ccc(C(C)(C)C)cc5c32)c2sc3ccc(C(C)(C)C)cc3c2N4c2ccc(C(C)(C)C)cc2)cc1. The number of anilines is 6. The van der Waals surface area contributed by atoms with Crippen molar-refractivity contribution in [3.8, 4) is 5.69 Å². The van der Waals surface area contributed by atoms with E-state index in [2.05, 4.69) is 274 Å². The van der Waals surface area contributed by atoms with Crippen molar-refractivity contribution in [2.75, 3.05) is 9.80 Å². The van der Waals surface area contributed by atoms with Gasteiger partial charge in [-0.3, -0.25) is 0 Å². The Morgan fingerprint density at radius 3 is 1.01 bits per heavy atom. The molecule has 2 aliphatic carbocycles. The molecule has 0 unspecified atom stereocenters. The lowest BCUT2D eigenvalue weighted by Gasteiger charge is -2.43. The van der Waals surface area contributed by atoms with E-state index in [9.17, 15) is 0 Å². The summed E-state index contributed by atoms with van der Waals surface area (Å²) in [6.45, 7) is 48.2. The van der Waals surface area contributed by atoms with Crippen molar-refractivity contribution in [2.24, 2.45) is 0 Å². The van der Waals surface area contributed by atoms with E-state index in [0.29, 0.717) is 0 Å². The molecular weight excluding hydrogens is 1050 g/mol. The number of hydrogen-bond donors (Lipinski definition) is 0. The zero-order valence-electron chi connectivity index (χ0n) is 54.1. The average Bonchev–Trinajstić information content (AvgIpc) is 1.49. The van der Waals surface area contributed by atoms with Crippen LogP contribution in [0.5, 0.6) is 0 Å². The molecule has 0 amide bonds. The molecule has 0 saturated heterocycles. The molecule has 4 aliphatic rings. The summed E-state index contributed by atoms with van der Waals surface area (Å²) < 4.78 is 8.27. The summed E-state index contributed by atoms with van der Waals surface area (Å²) in [5, 5.41) is 5.41. The van der Waals surface area contributed by atoms with Gasteiger partial charge in [0.1, 0.15) is 0 Å². The molecule has 5 heterocycles. The van der Waals surface area contributed by atoms with Gasteiger partial charge in [-0.1, -0.05) is 175 Å². The zero-order chi connectivity index (χ0) is 59.7. The molecule has 7 aromatic carbocycles. The number of rotatable bonds is 3. The Bertz CT molecular complexity index is 4130. The first-order valence-electron chi connectivity index (χ1n) is 31.4. The number of thiophene rings is 2. The van der Waals surface area contributed by atoms with Gasteiger partial charge in [0.05, 0.1) is 28.1 Å². The summed E-state index contributed by atoms with van der Waals surface area (Å²) in [4.78, 5) is 5.44. The van der Waals surface area contributed by atoms with E-state index in [1.165, 1.54) is 154 Å². The highest BCUT2D eigenvalue weighted by molar-refractivity contribution is 7.40. The minimum Gasteiger partial charge on any atom is -0.310 e. The number of nitrogens with zero attached hydrogens (tertiary/aromatic N) is 3. The fraction of sp³-hybridized carbons (Fsp3) is 0.410. The Morgan fingerprint density at radius 2 is 0.679 bits per heavy atom. The van der Waals surface area contributed by atoms with Crippen LogP contribution in [-0.4, -0.2) is 11.3 Å². The van der Waals surface area contributed by atoms with Gasteiger partial charge in [-0.2, -0.15) is 0 Å². The highest BCUT2D eigenvalue weighted by Gasteiger charge is 2.49. The van der Waals surface area contributed by atoms with Crippen LogP contribution in [0.2, 0.25) is 0 Å². The quantitative estimate of drug-likeness (QED) is 0.163. The first-order valence-corrected chi connectivity index (χ1v) is 33.1. The van der Waals surface area contributed by atoms with E-state index in [-0.39, 0.29) is 50.0 Å². The lowest BCUT2D eigenvalue weighted by molar-refractivity contribution is 0.332. The van der Waals surface area contributed by atoms with Crippen LogP contribution in [0.4, 0.5) is 34.1 Å². The Hall–Kier alpha value is -6.08. The maximum Gasteiger partial charge on any atom is 0.277 e. The van der Waals surface area contributed by atoms with Crippen LogP contribution >= 0.6 is 22.7 Å². The van der Waals surface area contributed by atoms with Crippen molar-refractivity contribution in [3.05, 3.63) is 166 Å². The minimum absolute atomic E-state index is 0.00142. The van der Waals surface area contributed by atoms with Gasteiger partial charge in [0.2, 0.25) is 0 Å². The van der Waals surface area contributed by atoms with E-state index in [1.54, 1.807) is 0 Å². The van der Waals surface area contributed by atoms with Gasteiger partial charge in [0.25, 0.3) is 6.71 Å². The number of aromatic nitrogens is 1. The first kappa shape index (κ1) is 55.8. The molecule has 0 radical (unpaired) electrons. The molecule has 3 aromatic heterocycles. The fourth-order valence-electron chi connectivity index (χ4n) is 15.2. The summed E-state index contributed by atoms with van der Waals surface area (Å²) in [5.41, 5.74) is 24.3. The van der Waals surface area contributed by atoms with Gasteiger partial charge >= 0.3 is 0 Å². The van der Waals surface area contributed by atoms with Crippen LogP contribution in [0.25, 0.3) is 47.7 Å². The Morgan fingerprint density at radius 1 is 0.357 bits per heavy atom. The normalized spacial score (nSPS) is 17.9. The first-order chi connectivity index (χ1) is 39.1. The Kier molecular flexibility index (Phi) is 11.8. The van der Waals surface area contributed by atoms with Crippen molar-refractivity contribution in [1.29, 1.82) is 0 Å². The third kappa shape index (κ3) is 8.35. The topological polar surface area (TPSA) is 11.4 Å². The molecule has 2 aliphatic heterocycles.